The van der Waals surface area contributed by atoms with Gasteiger partial charge in [-0.25, -0.2) is 4.39 Å². The number of halogens is 1. The SMILES string of the molecule is COc1cccc2c1CC(CCCNCCCc1c[nH]c3ccc(F)cc13)CO2. The highest BCUT2D eigenvalue weighted by Crippen LogP contribution is 2.35. The first-order chi connectivity index (χ1) is 14.2. The first-order valence-electron chi connectivity index (χ1n) is 10.5. The Hall–Kier alpha value is -2.53. The lowest BCUT2D eigenvalue weighted by Crippen LogP contribution is -2.23. The number of methoxy groups -OCH3 is 1. The van der Waals surface area contributed by atoms with E-state index in [2.05, 4.69) is 10.3 Å². The molecule has 1 aliphatic rings. The van der Waals surface area contributed by atoms with Crippen LogP contribution < -0.4 is 14.8 Å². The second-order valence-corrected chi connectivity index (χ2v) is 7.82. The topological polar surface area (TPSA) is 46.3 Å². The van der Waals surface area contributed by atoms with Crippen LogP contribution in [0.15, 0.2) is 42.6 Å². The van der Waals surface area contributed by atoms with Crippen molar-refractivity contribution in [1.82, 2.24) is 10.3 Å². The first-order valence-corrected chi connectivity index (χ1v) is 10.5. The summed E-state index contributed by atoms with van der Waals surface area (Å²) in [5.41, 5.74) is 3.39. The fourth-order valence-electron chi connectivity index (χ4n) is 4.22. The molecule has 4 rings (SSSR count). The van der Waals surface area contributed by atoms with Crippen molar-refractivity contribution in [2.75, 3.05) is 26.8 Å². The van der Waals surface area contributed by atoms with Gasteiger partial charge >= 0.3 is 0 Å². The van der Waals surface area contributed by atoms with Crippen molar-refractivity contribution in [3.05, 3.63) is 59.5 Å². The molecule has 3 aromatic rings. The molecule has 29 heavy (non-hydrogen) atoms. The Kier molecular flexibility index (Phi) is 6.35. The molecule has 0 fully saturated rings. The molecule has 0 amide bonds. The van der Waals surface area contributed by atoms with Gasteiger partial charge in [0.05, 0.1) is 13.7 Å². The van der Waals surface area contributed by atoms with Gasteiger partial charge < -0.3 is 19.8 Å². The number of hydrogen-bond donors (Lipinski definition) is 2. The van der Waals surface area contributed by atoms with E-state index < -0.39 is 0 Å². The summed E-state index contributed by atoms with van der Waals surface area (Å²) in [5.74, 6) is 2.27. The van der Waals surface area contributed by atoms with Crippen molar-refractivity contribution in [1.29, 1.82) is 0 Å². The van der Waals surface area contributed by atoms with Crippen molar-refractivity contribution in [3.8, 4) is 11.5 Å². The number of benzene rings is 2. The third-order valence-corrected chi connectivity index (χ3v) is 5.77. The molecule has 1 aliphatic heterocycles. The lowest BCUT2D eigenvalue weighted by molar-refractivity contribution is 0.208. The van der Waals surface area contributed by atoms with E-state index in [0.29, 0.717) is 5.92 Å². The van der Waals surface area contributed by atoms with E-state index in [0.717, 1.165) is 74.2 Å². The van der Waals surface area contributed by atoms with E-state index >= 15 is 0 Å². The quantitative estimate of drug-likeness (QED) is 0.507. The van der Waals surface area contributed by atoms with Crippen LogP contribution in [0.4, 0.5) is 4.39 Å². The van der Waals surface area contributed by atoms with Crippen LogP contribution in [-0.4, -0.2) is 31.8 Å². The summed E-state index contributed by atoms with van der Waals surface area (Å²) >= 11 is 0. The van der Waals surface area contributed by atoms with Crippen molar-refractivity contribution < 1.29 is 13.9 Å². The second kappa shape index (κ2) is 9.31. The number of nitrogens with one attached hydrogen (secondary N) is 2. The number of rotatable bonds is 9. The van der Waals surface area contributed by atoms with Crippen molar-refractivity contribution >= 4 is 10.9 Å². The van der Waals surface area contributed by atoms with E-state index in [1.54, 1.807) is 19.2 Å². The number of aryl methyl sites for hydroxylation is 1. The molecule has 1 unspecified atom stereocenters. The predicted octanol–water partition coefficient (Wildman–Crippen LogP) is 4.87. The Morgan fingerprint density at radius 1 is 1.21 bits per heavy atom. The summed E-state index contributed by atoms with van der Waals surface area (Å²) in [5, 5.41) is 4.54. The molecule has 154 valence electrons. The van der Waals surface area contributed by atoms with Crippen LogP contribution in [0.25, 0.3) is 10.9 Å². The average Bonchev–Trinajstić information content (AvgIpc) is 3.14. The van der Waals surface area contributed by atoms with Crippen molar-refractivity contribution in [2.45, 2.75) is 32.1 Å². The third-order valence-electron chi connectivity index (χ3n) is 5.77. The zero-order valence-corrected chi connectivity index (χ0v) is 17.0. The van der Waals surface area contributed by atoms with Crippen LogP contribution in [0.5, 0.6) is 11.5 Å². The van der Waals surface area contributed by atoms with E-state index in [4.69, 9.17) is 9.47 Å². The van der Waals surface area contributed by atoms with Gasteiger partial charge in [0.1, 0.15) is 17.3 Å². The zero-order chi connectivity index (χ0) is 20.1. The minimum Gasteiger partial charge on any atom is -0.496 e. The molecule has 0 saturated carbocycles. The maximum Gasteiger partial charge on any atom is 0.126 e. The Balaban J connectivity index is 1.15. The molecule has 1 atom stereocenters. The predicted molar refractivity (Wildman–Crippen MR) is 114 cm³/mol. The molecule has 0 aliphatic carbocycles. The molecule has 0 radical (unpaired) electrons. The molecule has 2 aromatic carbocycles. The van der Waals surface area contributed by atoms with E-state index in [1.165, 1.54) is 17.2 Å². The van der Waals surface area contributed by atoms with Crippen LogP contribution in [0.3, 0.4) is 0 Å². The highest BCUT2D eigenvalue weighted by Gasteiger charge is 2.22. The average molecular weight is 397 g/mol. The van der Waals surface area contributed by atoms with Gasteiger partial charge in [0.25, 0.3) is 0 Å². The molecular weight excluding hydrogens is 367 g/mol. The molecule has 0 spiro atoms. The largest absolute Gasteiger partial charge is 0.496 e. The molecule has 5 heteroatoms. The van der Waals surface area contributed by atoms with Crippen LogP contribution >= 0.6 is 0 Å². The molecule has 2 N–H and O–H groups in total. The number of hydrogen-bond acceptors (Lipinski definition) is 3. The summed E-state index contributed by atoms with van der Waals surface area (Å²) in [7, 11) is 1.72. The number of aromatic amines is 1. The van der Waals surface area contributed by atoms with E-state index in [9.17, 15) is 4.39 Å². The lowest BCUT2D eigenvalue weighted by Gasteiger charge is -2.26. The molecule has 2 heterocycles. The molecular formula is C24H29FN2O2. The molecule has 4 nitrogen and oxygen atoms in total. The minimum atomic E-state index is -0.177. The first kappa shape index (κ1) is 19.8. The van der Waals surface area contributed by atoms with Gasteiger partial charge in [0.2, 0.25) is 0 Å². The number of ether oxygens (including phenoxy) is 2. The van der Waals surface area contributed by atoms with Crippen LogP contribution in [0.2, 0.25) is 0 Å². The van der Waals surface area contributed by atoms with Crippen LogP contribution in [0, 0.1) is 11.7 Å². The second-order valence-electron chi connectivity index (χ2n) is 7.82. The number of H-pyrrole nitrogens is 1. The van der Waals surface area contributed by atoms with Crippen LogP contribution in [-0.2, 0) is 12.8 Å². The maximum atomic E-state index is 13.5. The monoisotopic (exact) mass is 396 g/mol. The summed E-state index contributed by atoms with van der Waals surface area (Å²) < 4.78 is 24.9. The summed E-state index contributed by atoms with van der Waals surface area (Å²) in [6.45, 7) is 2.77. The third kappa shape index (κ3) is 4.73. The van der Waals surface area contributed by atoms with Gasteiger partial charge in [0, 0.05) is 22.7 Å². The Labute approximate surface area is 171 Å². The van der Waals surface area contributed by atoms with Crippen molar-refractivity contribution in [3.63, 3.8) is 0 Å². The highest BCUT2D eigenvalue weighted by molar-refractivity contribution is 5.83. The molecule has 1 aromatic heterocycles. The smallest absolute Gasteiger partial charge is 0.126 e. The van der Waals surface area contributed by atoms with Gasteiger partial charge in [0.15, 0.2) is 0 Å². The van der Waals surface area contributed by atoms with Crippen LogP contribution in [0.1, 0.15) is 30.4 Å². The maximum absolute atomic E-state index is 13.5. The Bertz CT molecular complexity index is 939. The van der Waals surface area contributed by atoms with Gasteiger partial charge in [-0.15, -0.1) is 0 Å². The molecule has 0 bridgehead atoms. The van der Waals surface area contributed by atoms with Gasteiger partial charge in [-0.3, -0.25) is 0 Å². The van der Waals surface area contributed by atoms with Crippen molar-refractivity contribution in [2.24, 2.45) is 5.92 Å². The summed E-state index contributed by atoms with van der Waals surface area (Å²) in [4.78, 5) is 3.22. The summed E-state index contributed by atoms with van der Waals surface area (Å²) in [6, 6.07) is 10.9. The fraction of sp³-hybridized carbons (Fsp3) is 0.417. The standard InChI is InChI=1S/C24H29FN2O2/c1-28-23-7-2-8-24-21(23)13-17(16-29-24)5-3-11-26-12-4-6-18-15-27-22-10-9-19(25)14-20(18)22/h2,7-10,14-15,17,26-27H,3-6,11-13,16H2,1H3. The minimum absolute atomic E-state index is 0.177. The van der Waals surface area contributed by atoms with Gasteiger partial charge in [-0.1, -0.05) is 6.07 Å². The highest BCUT2D eigenvalue weighted by atomic mass is 19.1. The Morgan fingerprint density at radius 3 is 3.00 bits per heavy atom. The number of fused-ring (bicyclic) bond motifs is 2. The number of aromatic nitrogens is 1. The Morgan fingerprint density at radius 2 is 2.10 bits per heavy atom. The fourth-order valence-corrected chi connectivity index (χ4v) is 4.22. The lowest BCUT2D eigenvalue weighted by atomic mass is 9.92. The molecule has 0 saturated heterocycles. The van der Waals surface area contributed by atoms with Gasteiger partial charge in [-0.05, 0) is 87.0 Å². The summed E-state index contributed by atoms with van der Waals surface area (Å²) in [6.07, 6.45) is 7.29. The zero-order valence-electron chi connectivity index (χ0n) is 17.0. The van der Waals surface area contributed by atoms with Gasteiger partial charge in [-0.2, -0.15) is 0 Å². The normalized spacial score (nSPS) is 15.9. The van der Waals surface area contributed by atoms with E-state index in [1.807, 2.05) is 24.4 Å². The van der Waals surface area contributed by atoms with E-state index in [-0.39, 0.29) is 5.82 Å².